The molecule has 0 radical (unpaired) electrons. The van der Waals surface area contributed by atoms with Crippen LogP contribution in [0, 0.1) is 22.7 Å². The van der Waals surface area contributed by atoms with Crippen molar-refractivity contribution in [1.82, 2.24) is 4.57 Å². The Labute approximate surface area is 229 Å². The van der Waals surface area contributed by atoms with Gasteiger partial charge >= 0.3 is 0 Å². The molecule has 0 spiro atoms. The average molecular weight is 586 g/mol. The van der Waals surface area contributed by atoms with Crippen LogP contribution in [0.25, 0.3) is 22.6 Å². The molecule has 0 fully saturated rings. The van der Waals surface area contributed by atoms with Crippen molar-refractivity contribution < 1.29 is 19.2 Å². The van der Waals surface area contributed by atoms with Crippen LogP contribution < -0.4 is 4.74 Å². The first-order valence-electron chi connectivity index (χ1n) is 11.8. The summed E-state index contributed by atoms with van der Waals surface area (Å²) in [5.41, 5.74) is 2.65. The average Bonchev–Trinajstić information content (AvgIpc) is 3.33. The first-order chi connectivity index (χ1) is 18.0. The molecule has 2 aromatic carbocycles. The van der Waals surface area contributed by atoms with Gasteiger partial charge in [-0.15, -0.1) is 0 Å². The van der Waals surface area contributed by atoms with Gasteiger partial charge in [0, 0.05) is 46.9 Å². The third kappa shape index (κ3) is 9.26. The number of aromatic nitrogens is 1. The summed E-state index contributed by atoms with van der Waals surface area (Å²) in [5, 5.41) is 26.9. The van der Waals surface area contributed by atoms with Crippen LogP contribution in [0.1, 0.15) is 62.0 Å². The highest BCUT2D eigenvalue weighted by molar-refractivity contribution is 9.10. The van der Waals surface area contributed by atoms with E-state index in [-0.39, 0.29) is 20.8 Å². The Morgan fingerprint density at radius 2 is 1.81 bits per heavy atom. The molecule has 3 aromatic rings. The van der Waals surface area contributed by atoms with E-state index in [4.69, 9.17) is 9.84 Å². The van der Waals surface area contributed by atoms with Gasteiger partial charge in [0.1, 0.15) is 5.75 Å². The minimum absolute atomic E-state index is 0.0167. The number of carbonyl (C=O) groups is 1. The SMILES string of the molecule is CC.CC.CO.COc1ccc(C#N)cc1/C=C(\C#N)c1cn(C(=O)CCCP=O)c2ccc(Br)cc12. The summed E-state index contributed by atoms with van der Waals surface area (Å²) < 4.78 is 18.4. The summed E-state index contributed by atoms with van der Waals surface area (Å²) in [7, 11) is 2.54. The summed E-state index contributed by atoms with van der Waals surface area (Å²) in [5.74, 6) is 0.396. The molecule has 0 atom stereocenters. The number of fused-ring (bicyclic) bond motifs is 1. The fourth-order valence-electron chi connectivity index (χ4n) is 3.28. The molecule has 0 aliphatic rings. The number of allylic oxidation sites excluding steroid dienone is 1. The van der Waals surface area contributed by atoms with Crippen LogP contribution in [0.3, 0.4) is 0 Å². The number of carbonyl (C=O) groups excluding carboxylic acids is 1. The van der Waals surface area contributed by atoms with Crippen LogP contribution in [0.15, 0.2) is 47.1 Å². The molecular weight excluding hydrogens is 553 g/mol. The molecule has 9 heteroatoms. The van der Waals surface area contributed by atoms with Gasteiger partial charge in [0.25, 0.3) is 0 Å². The Hall–Kier alpha value is -3.29. The Kier molecular flexibility index (Phi) is 17.2. The number of methoxy groups -OCH3 is 1. The van der Waals surface area contributed by atoms with Gasteiger partial charge in [0.15, 0.2) is 8.46 Å². The number of benzene rings is 2. The third-order valence-electron chi connectivity index (χ3n) is 4.74. The van der Waals surface area contributed by atoms with Crippen molar-refractivity contribution in [3.8, 4) is 17.9 Å². The molecule has 1 heterocycles. The van der Waals surface area contributed by atoms with E-state index in [2.05, 4.69) is 28.1 Å². The quantitative estimate of drug-likeness (QED) is 0.172. The molecule has 7 nitrogen and oxygen atoms in total. The number of halogens is 1. The minimum Gasteiger partial charge on any atom is -0.496 e. The topological polar surface area (TPSA) is 116 Å². The third-order valence-corrected chi connectivity index (χ3v) is 5.74. The van der Waals surface area contributed by atoms with Crippen molar-refractivity contribution in [3.05, 3.63) is 63.8 Å². The summed E-state index contributed by atoms with van der Waals surface area (Å²) >= 11 is 3.46. The van der Waals surface area contributed by atoms with Crippen LogP contribution in [0.4, 0.5) is 0 Å². The normalized spacial score (nSPS) is 9.95. The Morgan fingerprint density at radius 1 is 1.14 bits per heavy atom. The second-order valence-electron chi connectivity index (χ2n) is 6.66. The Morgan fingerprint density at radius 3 is 2.38 bits per heavy atom. The fraction of sp³-hybridized carbons (Fsp3) is 0.321. The van der Waals surface area contributed by atoms with Crippen molar-refractivity contribution in [1.29, 1.82) is 10.5 Å². The molecule has 0 aliphatic carbocycles. The van der Waals surface area contributed by atoms with E-state index >= 15 is 0 Å². The monoisotopic (exact) mass is 585 g/mol. The highest BCUT2D eigenvalue weighted by Crippen LogP contribution is 2.33. The lowest BCUT2D eigenvalue weighted by Gasteiger charge is -2.06. The van der Waals surface area contributed by atoms with E-state index in [0.717, 1.165) is 17.0 Å². The molecule has 3 rings (SSSR count). The Bertz CT molecular complexity index is 1290. The van der Waals surface area contributed by atoms with Crippen molar-refractivity contribution >= 4 is 52.8 Å². The van der Waals surface area contributed by atoms with Gasteiger partial charge in [-0.2, -0.15) is 10.5 Å². The number of nitriles is 2. The molecule has 0 amide bonds. The van der Waals surface area contributed by atoms with Crippen LogP contribution in [0.2, 0.25) is 0 Å². The molecule has 0 unspecified atom stereocenters. The van der Waals surface area contributed by atoms with E-state index in [1.807, 2.05) is 45.9 Å². The van der Waals surface area contributed by atoms with Gasteiger partial charge in [-0.1, -0.05) is 43.6 Å². The van der Waals surface area contributed by atoms with E-state index in [9.17, 15) is 19.9 Å². The zero-order chi connectivity index (χ0) is 28.4. The minimum atomic E-state index is -0.136. The van der Waals surface area contributed by atoms with Crippen LogP contribution >= 0.6 is 24.4 Å². The molecular formula is C28H33BrN3O4P. The predicted octanol–water partition coefficient (Wildman–Crippen LogP) is 7.72. The number of aliphatic hydroxyl groups excluding tert-OH is 1. The lowest BCUT2D eigenvalue weighted by Crippen LogP contribution is -2.09. The maximum Gasteiger partial charge on any atom is 0.231 e. The number of nitrogens with zero attached hydrogens (tertiary/aromatic N) is 3. The number of ether oxygens (including phenoxy) is 1. The van der Waals surface area contributed by atoms with Gasteiger partial charge in [-0.05, 0) is 48.9 Å². The highest BCUT2D eigenvalue weighted by Gasteiger charge is 2.17. The maximum atomic E-state index is 12.8. The van der Waals surface area contributed by atoms with E-state index in [1.54, 1.807) is 30.5 Å². The number of aliphatic hydroxyl groups is 1. The van der Waals surface area contributed by atoms with Crippen LogP contribution in [-0.2, 0) is 4.57 Å². The Balaban J connectivity index is 0.00000201. The second-order valence-corrected chi connectivity index (χ2v) is 8.28. The number of hydrogen-bond donors (Lipinski definition) is 1. The second kappa shape index (κ2) is 18.9. The summed E-state index contributed by atoms with van der Waals surface area (Å²) in [6.45, 7) is 8.00. The number of rotatable bonds is 7. The molecule has 1 N–H and O–H groups in total. The van der Waals surface area contributed by atoms with E-state index in [0.29, 0.717) is 46.1 Å². The van der Waals surface area contributed by atoms with Gasteiger partial charge in [0.2, 0.25) is 5.91 Å². The maximum absolute atomic E-state index is 12.8. The first-order valence-corrected chi connectivity index (χ1v) is 13.6. The molecule has 37 heavy (non-hydrogen) atoms. The zero-order valence-electron chi connectivity index (χ0n) is 22.1. The smallest absolute Gasteiger partial charge is 0.231 e. The largest absolute Gasteiger partial charge is 0.496 e. The van der Waals surface area contributed by atoms with E-state index in [1.165, 1.54) is 11.7 Å². The van der Waals surface area contributed by atoms with Crippen LogP contribution in [-0.4, -0.2) is 36.0 Å². The molecule has 196 valence electrons. The van der Waals surface area contributed by atoms with E-state index < -0.39 is 0 Å². The lowest BCUT2D eigenvalue weighted by molar-refractivity contribution is 0.0907. The summed E-state index contributed by atoms with van der Waals surface area (Å²) in [6, 6.07) is 14.8. The molecule has 0 saturated carbocycles. The van der Waals surface area contributed by atoms with Crippen molar-refractivity contribution in [2.45, 2.75) is 40.5 Å². The van der Waals surface area contributed by atoms with Crippen molar-refractivity contribution in [2.75, 3.05) is 20.4 Å². The fourth-order valence-corrected chi connectivity index (χ4v) is 3.93. The summed E-state index contributed by atoms with van der Waals surface area (Å²) in [6.07, 6.45) is 4.49. The van der Waals surface area contributed by atoms with Gasteiger partial charge in [-0.3, -0.25) is 13.9 Å². The summed E-state index contributed by atoms with van der Waals surface area (Å²) in [4.78, 5) is 12.8. The van der Waals surface area contributed by atoms with Crippen molar-refractivity contribution in [3.63, 3.8) is 0 Å². The van der Waals surface area contributed by atoms with Crippen molar-refractivity contribution in [2.24, 2.45) is 0 Å². The predicted molar refractivity (Wildman–Crippen MR) is 154 cm³/mol. The standard InChI is InChI=1S/C23H17BrN3O3P.2C2H6.CH4O/c1-30-22-7-4-15(12-25)9-16(22)10-17(13-26)20-14-27(23(28)3-2-8-31-29)21-6-5-18(24)11-19(20)21;3*1-2/h4-7,9-11,14H,2-3,8H2,1H3;2*1-2H3;2H,1H3/b17-10+;;;. The zero-order valence-corrected chi connectivity index (χ0v) is 24.6. The number of hydrogen-bond acceptors (Lipinski definition) is 6. The van der Waals surface area contributed by atoms with Gasteiger partial charge in [0.05, 0.1) is 35.9 Å². The lowest BCUT2D eigenvalue weighted by atomic mass is 10.0. The molecule has 0 saturated heterocycles. The highest BCUT2D eigenvalue weighted by atomic mass is 79.9. The van der Waals surface area contributed by atoms with Crippen LogP contribution in [0.5, 0.6) is 5.75 Å². The molecule has 0 aliphatic heterocycles. The molecule has 1 aromatic heterocycles. The first kappa shape index (κ1) is 33.7. The molecule has 0 bridgehead atoms. The van der Waals surface area contributed by atoms with Gasteiger partial charge in [-0.25, -0.2) is 0 Å². The van der Waals surface area contributed by atoms with Gasteiger partial charge < -0.3 is 9.84 Å².